The number of hydrogen-bond acceptors (Lipinski definition) is 6. The van der Waals surface area contributed by atoms with Crippen LogP contribution in [0, 0.1) is 0 Å². The monoisotopic (exact) mass is 470 g/mol. The van der Waals surface area contributed by atoms with E-state index in [0.29, 0.717) is 23.2 Å². The Bertz CT molecular complexity index is 1250. The number of aliphatic hydroxyl groups is 1. The molecule has 1 atom stereocenters. The molecule has 0 saturated heterocycles. The molecule has 0 spiro atoms. The predicted molar refractivity (Wildman–Crippen MR) is 131 cm³/mol. The number of amides is 1. The quantitative estimate of drug-likeness (QED) is 0.477. The molecule has 7 nitrogen and oxygen atoms in total. The standard InChI is InChI=1S/C28H26N2O5/c1-18(2)35-28(34)20-11-13-22(14-12-20)30-25(21-9-6-16-29-17-21)24(26(32)27(30)33)23(31)15-10-19-7-4-3-5-8-19/h3-9,11-14,16-18,25,32H,10,15H2,1-2H3. The minimum Gasteiger partial charge on any atom is -0.503 e. The number of rotatable bonds is 8. The maximum absolute atomic E-state index is 13.3. The van der Waals surface area contributed by atoms with Gasteiger partial charge in [-0.2, -0.15) is 0 Å². The number of Topliss-reactive ketones (excluding diaryl/α,β-unsaturated/α-hetero) is 1. The minimum absolute atomic E-state index is 0.0437. The van der Waals surface area contributed by atoms with Crippen LogP contribution >= 0.6 is 0 Å². The van der Waals surface area contributed by atoms with Gasteiger partial charge in [0.2, 0.25) is 0 Å². The minimum atomic E-state index is -0.840. The lowest BCUT2D eigenvalue weighted by atomic mass is 9.94. The number of carbonyl (C=O) groups is 3. The Kier molecular flexibility index (Phi) is 7.06. The molecule has 0 bridgehead atoms. The third kappa shape index (κ3) is 5.14. The summed E-state index contributed by atoms with van der Waals surface area (Å²) in [7, 11) is 0. The molecule has 0 saturated carbocycles. The van der Waals surface area contributed by atoms with E-state index in [2.05, 4.69) is 4.98 Å². The van der Waals surface area contributed by atoms with Crippen LogP contribution in [0.15, 0.2) is 90.5 Å². The highest BCUT2D eigenvalue weighted by Crippen LogP contribution is 2.41. The molecule has 1 N–H and O–H groups in total. The number of ether oxygens (including phenoxy) is 1. The maximum atomic E-state index is 13.3. The summed E-state index contributed by atoms with van der Waals surface area (Å²) in [6, 6.07) is 18.5. The molecule has 178 valence electrons. The highest BCUT2D eigenvalue weighted by Gasteiger charge is 2.44. The molecular formula is C28H26N2O5. The van der Waals surface area contributed by atoms with E-state index in [4.69, 9.17) is 4.74 Å². The van der Waals surface area contributed by atoms with Crippen molar-refractivity contribution in [3.05, 3.63) is 107 Å². The summed E-state index contributed by atoms with van der Waals surface area (Å²) >= 11 is 0. The Balaban J connectivity index is 1.66. The van der Waals surface area contributed by atoms with Crippen molar-refractivity contribution < 1.29 is 24.2 Å². The summed E-state index contributed by atoms with van der Waals surface area (Å²) in [5, 5.41) is 10.8. The summed E-state index contributed by atoms with van der Waals surface area (Å²) in [4.78, 5) is 44.2. The maximum Gasteiger partial charge on any atom is 0.338 e. The van der Waals surface area contributed by atoms with E-state index in [-0.39, 0.29) is 23.9 Å². The zero-order valence-corrected chi connectivity index (χ0v) is 19.5. The first-order valence-electron chi connectivity index (χ1n) is 11.4. The average Bonchev–Trinajstić information content (AvgIpc) is 3.14. The number of ketones is 1. The van der Waals surface area contributed by atoms with Gasteiger partial charge in [0.25, 0.3) is 5.91 Å². The van der Waals surface area contributed by atoms with Gasteiger partial charge in [0, 0.05) is 24.5 Å². The van der Waals surface area contributed by atoms with E-state index < -0.39 is 23.7 Å². The third-order valence-corrected chi connectivity index (χ3v) is 5.72. The van der Waals surface area contributed by atoms with Gasteiger partial charge in [-0.05, 0) is 61.7 Å². The second-order valence-electron chi connectivity index (χ2n) is 8.54. The fraction of sp³-hybridized carbons (Fsp3) is 0.214. The normalized spacial score (nSPS) is 15.6. The molecule has 1 aliphatic heterocycles. The van der Waals surface area contributed by atoms with E-state index in [1.165, 1.54) is 4.90 Å². The van der Waals surface area contributed by atoms with Crippen molar-refractivity contribution in [2.45, 2.75) is 38.8 Å². The number of carbonyl (C=O) groups excluding carboxylic acids is 3. The zero-order valence-electron chi connectivity index (χ0n) is 19.5. The van der Waals surface area contributed by atoms with Crippen LogP contribution in [0.1, 0.15) is 47.8 Å². The van der Waals surface area contributed by atoms with Gasteiger partial charge in [-0.1, -0.05) is 36.4 Å². The Hall–Kier alpha value is -4.26. The van der Waals surface area contributed by atoms with Gasteiger partial charge in [0.15, 0.2) is 11.5 Å². The second kappa shape index (κ2) is 10.3. The Morgan fingerprint density at radius 3 is 2.37 bits per heavy atom. The van der Waals surface area contributed by atoms with Gasteiger partial charge < -0.3 is 9.84 Å². The van der Waals surface area contributed by atoms with E-state index in [9.17, 15) is 19.5 Å². The summed E-state index contributed by atoms with van der Waals surface area (Å²) in [5.74, 6) is -2.03. The van der Waals surface area contributed by atoms with Crippen LogP contribution in [0.3, 0.4) is 0 Å². The molecule has 0 radical (unpaired) electrons. The number of anilines is 1. The summed E-state index contributed by atoms with van der Waals surface area (Å²) in [6.07, 6.45) is 3.53. The van der Waals surface area contributed by atoms with Crippen molar-refractivity contribution in [3.8, 4) is 0 Å². The molecule has 1 aromatic heterocycles. The number of aromatic nitrogens is 1. The SMILES string of the molecule is CC(C)OC(=O)c1ccc(N2C(=O)C(O)=C(C(=O)CCc3ccccc3)C2c2cccnc2)cc1. The third-order valence-electron chi connectivity index (χ3n) is 5.72. The molecule has 4 rings (SSSR count). The van der Waals surface area contributed by atoms with Crippen LogP contribution in [0.25, 0.3) is 0 Å². The topological polar surface area (TPSA) is 96.8 Å². The van der Waals surface area contributed by atoms with Gasteiger partial charge in [0.1, 0.15) is 0 Å². The predicted octanol–water partition coefficient (Wildman–Crippen LogP) is 4.75. The van der Waals surface area contributed by atoms with Crippen molar-refractivity contribution in [2.24, 2.45) is 0 Å². The summed E-state index contributed by atoms with van der Waals surface area (Å²) in [6.45, 7) is 3.52. The number of hydrogen-bond donors (Lipinski definition) is 1. The second-order valence-corrected chi connectivity index (χ2v) is 8.54. The summed E-state index contributed by atoms with van der Waals surface area (Å²) < 4.78 is 5.22. The van der Waals surface area contributed by atoms with Crippen molar-refractivity contribution in [1.82, 2.24) is 4.98 Å². The number of aryl methyl sites for hydroxylation is 1. The molecular weight excluding hydrogens is 444 g/mol. The lowest BCUT2D eigenvalue weighted by Crippen LogP contribution is -2.31. The van der Waals surface area contributed by atoms with Gasteiger partial charge in [-0.3, -0.25) is 19.5 Å². The molecule has 1 unspecified atom stereocenters. The summed E-state index contributed by atoms with van der Waals surface area (Å²) in [5.41, 5.74) is 2.40. The lowest BCUT2D eigenvalue weighted by molar-refractivity contribution is -0.118. The van der Waals surface area contributed by atoms with Crippen molar-refractivity contribution in [1.29, 1.82) is 0 Å². The van der Waals surface area contributed by atoms with Gasteiger partial charge in [-0.25, -0.2) is 4.79 Å². The largest absolute Gasteiger partial charge is 0.503 e. The smallest absolute Gasteiger partial charge is 0.338 e. The average molecular weight is 471 g/mol. The first-order valence-corrected chi connectivity index (χ1v) is 11.4. The Morgan fingerprint density at radius 1 is 1.03 bits per heavy atom. The number of pyridine rings is 1. The molecule has 2 heterocycles. The number of benzene rings is 2. The first-order chi connectivity index (χ1) is 16.9. The van der Waals surface area contributed by atoms with E-state index in [0.717, 1.165) is 5.56 Å². The molecule has 0 aliphatic carbocycles. The van der Waals surface area contributed by atoms with Crippen molar-refractivity contribution in [2.75, 3.05) is 4.90 Å². The Morgan fingerprint density at radius 2 is 1.74 bits per heavy atom. The van der Waals surface area contributed by atoms with Crippen molar-refractivity contribution >= 4 is 23.3 Å². The molecule has 35 heavy (non-hydrogen) atoms. The molecule has 1 aliphatic rings. The molecule has 3 aromatic rings. The number of aliphatic hydroxyl groups excluding tert-OH is 1. The molecule has 1 amide bonds. The molecule has 2 aromatic carbocycles. The van der Waals surface area contributed by atoms with Gasteiger partial charge in [0.05, 0.1) is 23.3 Å². The van der Waals surface area contributed by atoms with Crippen LogP contribution in [0.5, 0.6) is 0 Å². The lowest BCUT2D eigenvalue weighted by Gasteiger charge is -2.26. The highest BCUT2D eigenvalue weighted by molar-refractivity contribution is 6.16. The van der Waals surface area contributed by atoms with Crippen molar-refractivity contribution in [3.63, 3.8) is 0 Å². The van der Waals surface area contributed by atoms with Gasteiger partial charge >= 0.3 is 5.97 Å². The van der Waals surface area contributed by atoms with Gasteiger partial charge in [-0.15, -0.1) is 0 Å². The van der Waals surface area contributed by atoms with Crippen LogP contribution in [0.4, 0.5) is 5.69 Å². The van der Waals surface area contributed by atoms with Crippen LogP contribution in [0.2, 0.25) is 0 Å². The van der Waals surface area contributed by atoms with E-state index in [1.54, 1.807) is 62.6 Å². The Labute approximate surface area is 203 Å². The zero-order chi connectivity index (χ0) is 24.9. The van der Waals surface area contributed by atoms with E-state index in [1.807, 2.05) is 30.3 Å². The van der Waals surface area contributed by atoms with Crippen LogP contribution < -0.4 is 4.90 Å². The van der Waals surface area contributed by atoms with Crippen LogP contribution in [-0.2, 0) is 20.7 Å². The fourth-order valence-corrected chi connectivity index (χ4v) is 4.09. The highest BCUT2D eigenvalue weighted by atomic mass is 16.5. The fourth-order valence-electron chi connectivity index (χ4n) is 4.09. The molecule has 7 heteroatoms. The first kappa shape index (κ1) is 23.9. The van der Waals surface area contributed by atoms with E-state index >= 15 is 0 Å². The number of nitrogens with zero attached hydrogens (tertiary/aromatic N) is 2. The molecule has 0 fully saturated rings. The van der Waals surface area contributed by atoms with Crippen LogP contribution in [-0.4, -0.2) is 33.9 Å². The number of esters is 1.